The minimum atomic E-state index is -0.000654. The lowest BCUT2D eigenvalue weighted by atomic mass is 10.2. The zero-order valence-corrected chi connectivity index (χ0v) is 13.0. The SMILES string of the molecule is CCCOc1cc(N=Nc2ccc(CO)cc2)c(Cl)cc1N. The van der Waals surface area contributed by atoms with E-state index in [0.717, 1.165) is 12.0 Å². The number of rotatable bonds is 6. The molecule has 0 saturated carbocycles. The van der Waals surface area contributed by atoms with Gasteiger partial charge in [-0.15, -0.1) is 5.11 Å². The maximum Gasteiger partial charge on any atom is 0.144 e. The quantitative estimate of drug-likeness (QED) is 0.602. The van der Waals surface area contributed by atoms with Gasteiger partial charge in [0.15, 0.2) is 0 Å². The summed E-state index contributed by atoms with van der Waals surface area (Å²) in [7, 11) is 0. The van der Waals surface area contributed by atoms with Crippen molar-refractivity contribution in [1.82, 2.24) is 0 Å². The van der Waals surface area contributed by atoms with Crippen LogP contribution < -0.4 is 10.5 Å². The first-order chi connectivity index (χ1) is 10.6. The van der Waals surface area contributed by atoms with E-state index in [1.807, 2.05) is 6.92 Å². The van der Waals surface area contributed by atoms with E-state index in [4.69, 9.17) is 27.2 Å². The number of aliphatic hydroxyl groups excluding tert-OH is 1. The van der Waals surface area contributed by atoms with Gasteiger partial charge in [0.05, 0.1) is 29.6 Å². The third kappa shape index (κ3) is 4.19. The van der Waals surface area contributed by atoms with Crippen molar-refractivity contribution in [1.29, 1.82) is 0 Å². The second kappa shape index (κ2) is 7.77. The van der Waals surface area contributed by atoms with Crippen molar-refractivity contribution in [2.45, 2.75) is 20.0 Å². The number of hydrogen-bond acceptors (Lipinski definition) is 5. The second-order valence-electron chi connectivity index (χ2n) is 4.71. The molecule has 0 aliphatic rings. The maximum absolute atomic E-state index is 9.00. The van der Waals surface area contributed by atoms with Crippen molar-refractivity contribution in [3.63, 3.8) is 0 Å². The summed E-state index contributed by atoms with van der Waals surface area (Å²) < 4.78 is 5.55. The van der Waals surface area contributed by atoms with E-state index in [-0.39, 0.29) is 6.61 Å². The number of halogens is 1. The molecule has 116 valence electrons. The first-order valence-corrected chi connectivity index (χ1v) is 7.35. The third-order valence-corrected chi connectivity index (χ3v) is 3.24. The summed E-state index contributed by atoms with van der Waals surface area (Å²) in [6.45, 7) is 2.59. The summed E-state index contributed by atoms with van der Waals surface area (Å²) in [6.07, 6.45) is 0.885. The van der Waals surface area contributed by atoms with Gasteiger partial charge in [0.25, 0.3) is 0 Å². The molecule has 0 spiro atoms. The van der Waals surface area contributed by atoms with Crippen LogP contribution in [-0.4, -0.2) is 11.7 Å². The average Bonchev–Trinajstić information content (AvgIpc) is 2.53. The minimum absolute atomic E-state index is 0.000654. The Morgan fingerprint density at radius 2 is 1.91 bits per heavy atom. The summed E-state index contributed by atoms with van der Waals surface area (Å²) in [5, 5.41) is 17.7. The molecule has 0 unspecified atom stereocenters. The van der Waals surface area contributed by atoms with Gasteiger partial charge in [0.1, 0.15) is 11.4 Å². The Morgan fingerprint density at radius 3 is 2.55 bits per heavy atom. The molecule has 0 radical (unpaired) electrons. The monoisotopic (exact) mass is 319 g/mol. The van der Waals surface area contributed by atoms with Crippen LogP contribution in [0.3, 0.4) is 0 Å². The highest BCUT2D eigenvalue weighted by atomic mass is 35.5. The Hall–Kier alpha value is -2.11. The first-order valence-electron chi connectivity index (χ1n) is 6.97. The Morgan fingerprint density at radius 1 is 1.18 bits per heavy atom. The lowest BCUT2D eigenvalue weighted by molar-refractivity contribution is 0.282. The minimum Gasteiger partial charge on any atom is -0.491 e. The van der Waals surface area contributed by atoms with Gasteiger partial charge in [0.2, 0.25) is 0 Å². The molecule has 0 heterocycles. The standard InChI is InChI=1S/C16H18ClN3O2/c1-2-7-22-16-9-15(13(17)8-14(16)18)20-19-12-5-3-11(10-21)4-6-12/h3-6,8-9,21H,2,7,10,18H2,1H3. The van der Waals surface area contributed by atoms with Crippen molar-refractivity contribution in [3.8, 4) is 5.75 Å². The van der Waals surface area contributed by atoms with Gasteiger partial charge in [-0.05, 0) is 30.2 Å². The van der Waals surface area contributed by atoms with Crippen LogP contribution in [0.5, 0.6) is 5.75 Å². The molecule has 0 fully saturated rings. The first kappa shape index (κ1) is 16.3. The van der Waals surface area contributed by atoms with Crippen LogP contribution in [0.2, 0.25) is 5.02 Å². The number of aliphatic hydroxyl groups is 1. The molecule has 22 heavy (non-hydrogen) atoms. The summed E-state index contributed by atoms with van der Waals surface area (Å²) >= 11 is 6.13. The van der Waals surface area contributed by atoms with Crippen LogP contribution in [-0.2, 0) is 6.61 Å². The largest absolute Gasteiger partial charge is 0.491 e. The fourth-order valence-corrected chi connectivity index (χ4v) is 1.96. The molecule has 3 N–H and O–H groups in total. The molecule has 0 bridgehead atoms. The maximum atomic E-state index is 9.00. The van der Waals surface area contributed by atoms with Gasteiger partial charge >= 0.3 is 0 Å². The van der Waals surface area contributed by atoms with Crippen LogP contribution in [0.1, 0.15) is 18.9 Å². The molecule has 6 heteroatoms. The Bertz CT molecular complexity index is 657. The van der Waals surface area contributed by atoms with E-state index in [2.05, 4.69) is 10.2 Å². The highest BCUT2D eigenvalue weighted by Gasteiger charge is 2.07. The molecule has 0 amide bonds. The number of ether oxygens (including phenoxy) is 1. The van der Waals surface area contributed by atoms with Crippen molar-refractivity contribution in [2.24, 2.45) is 10.2 Å². The van der Waals surface area contributed by atoms with Gasteiger partial charge in [-0.2, -0.15) is 5.11 Å². The molecule has 0 saturated heterocycles. The number of anilines is 1. The third-order valence-electron chi connectivity index (χ3n) is 2.93. The van der Waals surface area contributed by atoms with Gasteiger partial charge in [0, 0.05) is 6.07 Å². The highest BCUT2D eigenvalue weighted by Crippen LogP contribution is 2.35. The van der Waals surface area contributed by atoms with Crippen molar-refractivity contribution >= 4 is 28.7 Å². The van der Waals surface area contributed by atoms with E-state index in [0.29, 0.717) is 34.4 Å². The predicted octanol–water partition coefficient (Wildman–Crippen LogP) is 4.62. The smallest absolute Gasteiger partial charge is 0.144 e. The van der Waals surface area contributed by atoms with Gasteiger partial charge < -0.3 is 15.6 Å². The van der Waals surface area contributed by atoms with Crippen molar-refractivity contribution < 1.29 is 9.84 Å². The molecule has 5 nitrogen and oxygen atoms in total. The molecule has 0 aliphatic heterocycles. The molecule has 2 aromatic rings. The molecular formula is C16H18ClN3O2. The normalized spacial score (nSPS) is 11.0. The van der Waals surface area contributed by atoms with E-state index in [9.17, 15) is 0 Å². The van der Waals surface area contributed by atoms with Crippen LogP contribution in [0.15, 0.2) is 46.6 Å². The molecular weight excluding hydrogens is 302 g/mol. The molecule has 0 aromatic heterocycles. The predicted molar refractivity (Wildman–Crippen MR) is 88.2 cm³/mol. The number of hydrogen-bond donors (Lipinski definition) is 2. The lowest BCUT2D eigenvalue weighted by Crippen LogP contribution is -1.98. The summed E-state index contributed by atoms with van der Waals surface area (Å²) in [5.41, 5.74) is 8.32. The highest BCUT2D eigenvalue weighted by molar-refractivity contribution is 6.33. The zero-order valence-electron chi connectivity index (χ0n) is 12.3. The summed E-state index contributed by atoms with van der Waals surface area (Å²) in [5.74, 6) is 0.552. The van der Waals surface area contributed by atoms with Crippen molar-refractivity contribution in [3.05, 3.63) is 47.0 Å². The summed E-state index contributed by atoms with van der Waals surface area (Å²) in [4.78, 5) is 0. The molecule has 0 atom stereocenters. The van der Waals surface area contributed by atoms with E-state index in [1.54, 1.807) is 36.4 Å². The van der Waals surface area contributed by atoms with Crippen LogP contribution in [0.25, 0.3) is 0 Å². The topological polar surface area (TPSA) is 80.2 Å². The number of benzene rings is 2. The van der Waals surface area contributed by atoms with Crippen LogP contribution in [0, 0.1) is 0 Å². The Balaban J connectivity index is 2.21. The number of nitrogens with two attached hydrogens (primary N) is 1. The van der Waals surface area contributed by atoms with Crippen LogP contribution >= 0.6 is 11.6 Å². The molecule has 2 aromatic carbocycles. The van der Waals surface area contributed by atoms with Gasteiger partial charge in [-0.1, -0.05) is 30.7 Å². The van der Waals surface area contributed by atoms with E-state index in [1.165, 1.54) is 0 Å². The average molecular weight is 320 g/mol. The second-order valence-corrected chi connectivity index (χ2v) is 5.12. The Kier molecular flexibility index (Phi) is 5.75. The lowest BCUT2D eigenvalue weighted by Gasteiger charge is -2.09. The van der Waals surface area contributed by atoms with Gasteiger partial charge in [-0.25, -0.2) is 0 Å². The molecule has 2 rings (SSSR count). The van der Waals surface area contributed by atoms with E-state index >= 15 is 0 Å². The van der Waals surface area contributed by atoms with Crippen molar-refractivity contribution in [2.75, 3.05) is 12.3 Å². The van der Waals surface area contributed by atoms with E-state index < -0.39 is 0 Å². The van der Waals surface area contributed by atoms with Gasteiger partial charge in [-0.3, -0.25) is 0 Å². The zero-order chi connectivity index (χ0) is 15.9. The number of azo groups is 1. The molecule has 0 aliphatic carbocycles. The number of nitrogen functional groups attached to an aromatic ring is 1. The van der Waals surface area contributed by atoms with Crippen LogP contribution in [0.4, 0.5) is 17.1 Å². The Labute approximate surface area is 134 Å². The fraction of sp³-hybridized carbons (Fsp3) is 0.250. The fourth-order valence-electron chi connectivity index (χ4n) is 1.75. The number of nitrogens with zero attached hydrogens (tertiary/aromatic N) is 2. The summed E-state index contributed by atoms with van der Waals surface area (Å²) in [6, 6.07) is 10.4.